The van der Waals surface area contributed by atoms with Crippen molar-refractivity contribution in [1.29, 1.82) is 0 Å². The first kappa shape index (κ1) is 11.4. The molecular weight excluding hydrogens is 228 g/mol. The van der Waals surface area contributed by atoms with Gasteiger partial charge in [-0.05, 0) is 24.5 Å². The van der Waals surface area contributed by atoms with Crippen molar-refractivity contribution in [1.82, 2.24) is 0 Å². The normalized spacial score (nSPS) is 17.9. The number of halogens is 1. The van der Waals surface area contributed by atoms with Crippen LogP contribution in [0.1, 0.15) is 24.8 Å². The molecule has 86 valence electrons. The van der Waals surface area contributed by atoms with Gasteiger partial charge in [0.25, 0.3) is 5.69 Å². The minimum atomic E-state index is -0.450. The molecule has 16 heavy (non-hydrogen) atoms. The summed E-state index contributed by atoms with van der Waals surface area (Å²) in [7, 11) is 0. The molecule has 1 saturated carbocycles. The summed E-state index contributed by atoms with van der Waals surface area (Å²) in [5.74, 6) is 0. The first-order valence-corrected chi connectivity index (χ1v) is 5.61. The van der Waals surface area contributed by atoms with E-state index in [0.29, 0.717) is 6.54 Å². The average molecular weight is 241 g/mol. The van der Waals surface area contributed by atoms with Gasteiger partial charge < -0.3 is 5.73 Å². The van der Waals surface area contributed by atoms with Gasteiger partial charge in [0, 0.05) is 18.0 Å². The molecule has 4 nitrogen and oxygen atoms in total. The fourth-order valence-corrected chi connectivity index (χ4v) is 2.38. The topological polar surface area (TPSA) is 69.2 Å². The van der Waals surface area contributed by atoms with Crippen molar-refractivity contribution in [3.63, 3.8) is 0 Å². The smallest absolute Gasteiger partial charge is 0.288 e. The molecule has 0 heterocycles. The number of nitro groups is 1. The Morgan fingerprint density at radius 3 is 2.62 bits per heavy atom. The predicted octanol–water partition coefficient (Wildman–Crippen LogP) is 2.63. The van der Waals surface area contributed by atoms with Gasteiger partial charge in [0.2, 0.25) is 0 Å². The lowest BCUT2D eigenvalue weighted by atomic mass is 9.64. The minimum Gasteiger partial charge on any atom is -0.330 e. The second-order valence-electron chi connectivity index (χ2n) is 4.26. The zero-order valence-electron chi connectivity index (χ0n) is 8.78. The van der Waals surface area contributed by atoms with Crippen LogP contribution in [-0.2, 0) is 5.41 Å². The summed E-state index contributed by atoms with van der Waals surface area (Å²) in [6, 6.07) is 5.00. The zero-order valence-corrected chi connectivity index (χ0v) is 9.54. The molecule has 1 fully saturated rings. The van der Waals surface area contributed by atoms with Gasteiger partial charge in [-0.3, -0.25) is 10.1 Å². The van der Waals surface area contributed by atoms with Crippen LogP contribution in [0.2, 0.25) is 5.02 Å². The summed E-state index contributed by atoms with van der Waals surface area (Å²) < 4.78 is 0. The van der Waals surface area contributed by atoms with Gasteiger partial charge in [-0.25, -0.2) is 0 Å². The Morgan fingerprint density at radius 2 is 2.19 bits per heavy atom. The first-order chi connectivity index (χ1) is 7.59. The van der Waals surface area contributed by atoms with Gasteiger partial charge in [-0.1, -0.05) is 24.1 Å². The lowest BCUT2D eigenvalue weighted by Crippen LogP contribution is -2.41. The molecule has 1 aromatic carbocycles. The zero-order chi connectivity index (χ0) is 11.8. The van der Waals surface area contributed by atoms with Crippen molar-refractivity contribution < 1.29 is 4.92 Å². The van der Waals surface area contributed by atoms with Crippen LogP contribution in [0.5, 0.6) is 0 Å². The molecular formula is C11H13ClN2O2. The maximum absolute atomic E-state index is 10.8. The Kier molecular flexibility index (Phi) is 2.86. The second-order valence-corrected chi connectivity index (χ2v) is 4.67. The van der Waals surface area contributed by atoms with Gasteiger partial charge in [0.05, 0.1) is 4.92 Å². The van der Waals surface area contributed by atoms with Crippen molar-refractivity contribution in [3.05, 3.63) is 38.9 Å². The van der Waals surface area contributed by atoms with Crippen molar-refractivity contribution in [3.8, 4) is 0 Å². The van der Waals surface area contributed by atoms with Crippen LogP contribution in [0.3, 0.4) is 0 Å². The molecule has 0 aliphatic heterocycles. The first-order valence-electron chi connectivity index (χ1n) is 5.23. The van der Waals surface area contributed by atoms with E-state index in [1.165, 1.54) is 0 Å². The van der Waals surface area contributed by atoms with Gasteiger partial charge in [0.15, 0.2) is 0 Å². The minimum absolute atomic E-state index is 0.0288. The van der Waals surface area contributed by atoms with Gasteiger partial charge in [0.1, 0.15) is 5.02 Å². The number of hydrogen-bond acceptors (Lipinski definition) is 3. The highest BCUT2D eigenvalue weighted by Crippen LogP contribution is 2.44. The molecule has 0 bridgehead atoms. The monoisotopic (exact) mass is 240 g/mol. The van der Waals surface area contributed by atoms with Crippen LogP contribution in [0.4, 0.5) is 5.69 Å². The Balaban J connectivity index is 2.43. The van der Waals surface area contributed by atoms with E-state index in [2.05, 4.69) is 0 Å². The number of benzene rings is 1. The molecule has 0 atom stereocenters. The van der Waals surface area contributed by atoms with Crippen molar-refractivity contribution >= 4 is 17.3 Å². The third-order valence-electron chi connectivity index (χ3n) is 3.46. The van der Waals surface area contributed by atoms with Crippen LogP contribution in [0.25, 0.3) is 0 Å². The van der Waals surface area contributed by atoms with Crippen LogP contribution in [-0.4, -0.2) is 11.5 Å². The molecule has 0 saturated heterocycles. The summed E-state index contributed by atoms with van der Waals surface area (Å²) in [5, 5.41) is 11.0. The van der Waals surface area contributed by atoms with Gasteiger partial charge in [-0.15, -0.1) is 0 Å². The van der Waals surface area contributed by atoms with E-state index >= 15 is 0 Å². The molecule has 2 rings (SSSR count). The van der Waals surface area contributed by atoms with Crippen LogP contribution < -0.4 is 5.73 Å². The SMILES string of the molecule is NCC1(c2ccc(Cl)c([N+](=O)[O-])c2)CCC1. The lowest BCUT2D eigenvalue weighted by Gasteiger charge is -2.41. The highest BCUT2D eigenvalue weighted by Gasteiger charge is 2.38. The molecule has 0 unspecified atom stereocenters. The molecule has 1 aromatic rings. The summed E-state index contributed by atoms with van der Waals surface area (Å²) >= 11 is 5.77. The number of nitrogens with zero attached hydrogens (tertiary/aromatic N) is 1. The maximum Gasteiger partial charge on any atom is 0.288 e. The molecule has 1 aliphatic rings. The Bertz CT molecular complexity index is 424. The Morgan fingerprint density at radius 1 is 1.50 bits per heavy atom. The van der Waals surface area contributed by atoms with Crippen LogP contribution in [0, 0.1) is 10.1 Å². The van der Waals surface area contributed by atoms with E-state index in [9.17, 15) is 10.1 Å². The molecule has 0 radical (unpaired) electrons. The molecule has 5 heteroatoms. The quantitative estimate of drug-likeness (QED) is 0.652. The average Bonchev–Trinajstić information content (AvgIpc) is 2.19. The largest absolute Gasteiger partial charge is 0.330 e. The van der Waals surface area contributed by atoms with E-state index in [1.54, 1.807) is 12.1 Å². The summed E-state index contributed by atoms with van der Waals surface area (Å²) in [6.45, 7) is 0.534. The predicted molar refractivity (Wildman–Crippen MR) is 62.7 cm³/mol. The summed E-state index contributed by atoms with van der Waals surface area (Å²) in [4.78, 5) is 10.3. The van der Waals surface area contributed by atoms with Crippen molar-refractivity contribution in [2.24, 2.45) is 5.73 Å². The molecule has 0 amide bonds. The fourth-order valence-electron chi connectivity index (χ4n) is 2.20. The van der Waals surface area contributed by atoms with Crippen molar-refractivity contribution in [2.75, 3.05) is 6.54 Å². The van der Waals surface area contributed by atoms with E-state index in [4.69, 9.17) is 17.3 Å². The molecule has 2 N–H and O–H groups in total. The van der Waals surface area contributed by atoms with Gasteiger partial charge in [-0.2, -0.15) is 0 Å². The van der Waals surface area contributed by atoms with E-state index in [1.807, 2.05) is 6.07 Å². The van der Waals surface area contributed by atoms with Crippen LogP contribution >= 0.6 is 11.6 Å². The van der Waals surface area contributed by atoms with Crippen LogP contribution in [0.15, 0.2) is 18.2 Å². The molecule has 0 spiro atoms. The number of nitro benzene ring substituents is 1. The third kappa shape index (κ3) is 1.68. The number of nitrogens with two attached hydrogens (primary N) is 1. The highest BCUT2D eigenvalue weighted by molar-refractivity contribution is 6.32. The second kappa shape index (κ2) is 4.03. The summed E-state index contributed by atoms with van der Waals surface area (Å²) in [5.41, 5.74) is 6.62. The maximum atomic E-state index is 10.8. The standard InChI is InChI=1S/C11H13ClN2O2/c12-9-3-2-8(6-10(9)14(15)16)11(7-13)4-1-5-11/h2-3,6H,1,4-5,7,13H2. The Hall–Kier alpha value is -1.13. The highest BCUT2D eigenvalue weighted by atomic mass is 35.5. The molecule has 1 aliphatic carbocycles. The van der Waals surface area contributed by atoms with E-state index in [-0.39, 0.29) is 16.1 Å². The van der Waals surface area contributed by atoms with Gasteiger partial charge >= 0.3 is 0 Å². The van der Waals surface area contributed by atoms with E-state index < -0.39 is 4.92 Å². The third-order valence-corrected chi connectivity index (χ3v) is 3.78. The number of rotatable bonds is 3. The Labute approximate surface area is 98.5 Å². The lowest BCUT2D eigenvalue weighted by molar-refractivity contribution is -0.384. The summed E-state index contributed by atoms with van der Waals surface area (Å²) in [6.07, 6.45) is 3.14. The van der Waals surface area contributed by atoms with E-state index in [0.717, 1.165) is 24.8 Å². The fraction of sp³-hybridized carbons (Fsp3) is 0.455. The van der Waals surface area contributed by atoms with Crippen molar-refractivity contribution in [2.45, 2.75) is 24.7 Å². The number of hydrogen-bond donors (Lipinski definition) is 1. The molecule has 0 aromatic heterocycles.